The number of phenols is 2. The quantitative estimate of drug-likeness (QED) is 0.193. The molecule has 0 spiro atoms. The Bertz CT molecular complexity index is 1620. The molecule has 2 amide bonds. The SMILES string of the molecule is CC(=O)OC(C)CC(CC(O)CC1CC(C)OC(c2ccccc2O)O1)OC(=O)c1ccc(N2C(=O)c3ccccc3C2=O)cc1O. The zero-order valence-corrected chi connectivity index (χ0v) is 26.2. The summed E-state index contributed by atoms with van der Waals surface area (Å²) < 4.78 is 22.9. The van der Waals surface area contributed by atoms with Crippen LogP contribution in [-0.2, 0) is 23.7 Å². The van der Waals surface area contributed by atoms with Gasteiger partial charge < -0.3 is 34.3 Å². The van der Waals surface area contributed by atoms with Crippen molar-refractivity contribution in [2.45, 2.75) is 83.3 Å². The number of carbonyl (C=O) groups excluding carboxylic acids is 4. The van der Waals surface area contributed by atoms with Gasteiger partial charge in [-0.05, 0) is 57.0 Å². The molecule has 6 unspecified atom stereocenters. The molecule has 248 valence electrons. The van der Waals surface area contributed by atoms with E-state index >= 15 is 0 Å². The van der Waals surface area contributed by atoms with Crippen molar-refractivity contribution >= 4 is 29.4 Å². The number of aromatic hydroxyl groups is 2. The van der Waals surface area contributed by atoms with Crippen LogP contribution < -0.4 is 4.90 Å². The number of aliphatic hydroxyl groups excluding tert-OH is 1. The van der Waals surface area contributed by atoms with Gasteiger partial charge in [0.05, 0.1) is 35.1 Å². The van der Waals surface area contributed by atoms with Gasteiger partial charge in [-0.1, -0.05) is 30.3 Å². The predicted molar refractivity (Wildman–Crippen MR) is 167 cm³/mol. The third-order valence-electron chi connectivity index (χ3n) is 8.02. The smallest absolute Gasteiger partial charge is 0.342 e. The number of nitrogens with zero attached hydrogens (tertiary/aromatic N) is 1. The summed E-state index contributed by atoms with van der Waals surface area (Å²) in [5.41, 5.74) is 0.788. The first-order valence-corrected chi connectivity index (χ1v) is 15.4. The van der Waals surface area contributed by atoms with Crippen molar-refractivity contribution < 1.29 is 53.4 Å². The maximum atomic E-state index is 13.3. The van der Waals surface area contributed by atoms with E-state index in [1.807, 2.05) is 6.92 Å². The van der Waals surface area contributed by atoms with E-state index in [9.17, 15) is 34.5 Å². The van der Waals surface area contributed by atoms with E-state index in [0.29, 0.717) is 12.0 Å². The van der Waals surface area contributed by atoms with Crippen LogP contribution in [0.2, 0.25) is 0 Å². The van der Waals surface area contributed by atoms with Gasteiger partial charge in [-0.25, -0.2) is 9.69 Å². The first-order chi connectivity index (χ1) is 22.4. The van der Waals surface area contributed by atoms with Gasteiger partial charge in [0.25, 0.3) is 11.8 Å². The summed E-state index contributed by atoms with van der Waals surface area (Å²) in [7, 11) is 0. The fourth-order valence-electron chi connectivity index (χ4n) is 5.95. The molecule has 12 heteroatoms. The minimum atomic E-state index is -1.01. The fourth-order valence-corrected chi connectivity index (χ4v) is 5.95. The van der Waals surface area contributed by atoms with Gasteiger partial charge in [-0.2, -0.15) is 0 Å². The van der Waals surface area contributed by atoms with E-state index in [2.05, 4.69) is 0 Å². The molecule has 0 saturated carbocycles. The lowest BCUT2D eigenvalue weighted by Crippen LogP contribution is -2.36. The average molecular weight is 648 g/mol. The lowest BCUT2D eigenvalue weighted by molar-refractivity contribution is -0.248. The zero-order chi connectivity index (χ0) is 33.8. The maximum Gasteiger partial charge on any atom is 0.342 e. The molecule has 1 fully saturated rings. The number of hydrogen-bond donors (Lipinski definition) is 3. The Hall–Kier alpha value is -4.78. The van der Waals surface area contributed by atoms with Crippen LogP contribution >= 0.6 is 0 Å². The number of fused-ring (bicyclic) bond motifs is 1. The molecule has 3 aromatic rings. The van der Waals surface area contributed by atoms with Gasteiger partial charge in [-0.15, -0.1) is 0 Å². The number of amides is 2. The van der Waals surface area contributed by atoms with E-state index < -0.39 is 60.2 Å². The van der Waals surface area contributed by atoms with Crippen LogP contribution in [0, 0.1) is 0 Å². The molecule has 2 heterocycles. The van der Waals surface area contributed by atoms with Crippen LogP contribution in [0.4, 0.5) is 5.69 Å². The van der Waals surface area contributed by atoms with E-state index in [1.165, 1.54) is 37.3 Å². The molecule has 0 aliphatic carbocycles. The molecule has 0 bridgehead atoms. The fraction of sp³-hybridized carbons (Fsp3) is 0.371. The van der Waals surface area contributed by atoms with Gasteiger partial charge in [0.15, 0.2) is 6.29 Å². The number of rotatable bonds is 11. The third kappa shape index (κ3) is 7.79. The molecule has 1 saturated heterocycles. The Morgan fingerprint density at radius 1 is 0.915 bits per heavy atom. The van der Waals surface area contributed by atoms with Gasteiger partial charge in [0.2, 0.25) is 0 Å². The minimum absolute atomic E-state index is 0.0253. The summed E-state index contributed by atoms with van der Waals surface area (Å²) in [5.74, 6) is -3.04. The highest BCUT2D eigenvalue weighted by Gasteiger charge is 2.37. The molecule has 2 aliphatic rings. The Kier molecular flexibility index (Phi) is 10.2. The number of para-hydroxylation sites is 1. The van der Waals surface area contributed by atoms with Crippen LogP contribution in [0.1, 0.15) is 89.4 Å². The van der Waals surface area contributed by atoms with Crippen molar-refractivity contribution in [3.05, 3.63) is 89.0 Å². The molecule has 3 N–H and O–H groups in total. The Balaban J connectivity index is 1.27. The number of imide groups is 1. The number of benzene rings is 3. The number of aliphatic hydroxyl groups is 1. The highest BCUT2D eigenvalue weighted by molar-refractivity contribution is 6.34. The summed E-state index contributed by atoms with van der Waals surface area (Å²) in [6, 6.07) is 16.8. The summed E-state index contributed by atoms with van der Waals surface area (Å²) >= 11 is 0. The Labute approximate surface area is 271 Å². The maximum absolute atomic E-state index is 13.3. The average Bonchev–Trinajstić information content (AvgIpc) is 3.25. The molecule has 2 aliphatic heterocycles. The molecule has 12 nitrogen and oxygen atoms in total. The molecule has 5 rings (SSSR count). The lowest BCUT2D eigenvalue weighted by Gasteiger charge is -2.36. The summed E-state index contributed by atoms with van der Waals surface area (Å²) in [5, 5.41) is 32.1. The first kappa shape index (κ1) is 33.6. The van der Waals surface area contributed by atoms with E-state index in [-0.39, 0.29) is 53.5 Å². The second-order valence-corrected chi connectivity index (χ2v) is 11.8. The van der Waals surface area contributed by atoms with Crippen molar-refractivity contribution in [2.75, 3.05) is 4.90 Å². The molecule has 0 radical (unpaired) electrons. The molecule has 6 atom stereocenters. The number of esters is 2. The monoisotopic (exact) mass is 647 g/mol. The number of hydrogen-bond acceptors (Lipinski definition) is 11. The van der Waals surface area contributed by atoms with Crippen molar-refractivity contribution in [1.29, 1.82) is 0 Å². The van der Waals surface area contributed by atoms with E-state index in [4.69, 9.17) is 18.9 Å². The molecule has 3 aromatic carbocycles. The minimum Gasteiger partial charge on any atom is -0.507 e. The molecular weight excluding hydrogens is 610 g/mol. The second kappa shape index (κ2) is 14.3. The van der Waals surface area contributed by atoms with Crippen molar-refractivity contribution in [3.63, 3.8) is 0 Å². The largest absolute Gasteiger partial charge is 0.507 e. The topological polar surface area (TPSA) is 169 Å². The van der Waals surface area contributed by atoms with Gasteiger partial charge in [-0.3, -0.25) is 14.4 Å². The molecule has 0 aromatic heterocycles. The van der Waals surface area contributed by atoms with Gasteiger partial charge in [0.1, 0.15) is 29.3 Å². The first-order valence-electron chi connectivity index (χ1n) is 15.4. The number of carbonyl (C=O) groups is 4. The number of anilines is 1. The molecular formula is C35H37NO11. The normalized spacial score (nSPS) is 21.1. The number of ether oxygens (including phenoxy) is 4. The Morgan fingerprint density at radius 3 is 2.21 bits per heavy atom. The van der Waals surface area contributed by atoms with Gasteiger partial charge in [0, 0.05) is 31.4 Å². The van der Waals surface area contributed by atoms with E-state index in [0.717, 1.165) is 11.0 Å². The van der Waals surface area contributed by atoms with Crippen LogP contribution in [0.5, 0.6) is 11.5 Å². The standard InChI is InChI=1S/C35H37NO11/c1-19(44-21(3)37)14-24(17-23(38)18-25-15-20(2)45-35(47-25)29-10-6-7-11-30(29)39)46-34(43)28-13-12-22(16-31(28)40)36-32(41)26-8-4-5-9-27(26)33(36)42/h4-13,16,19-20,23-25,35,38-40H,14-15,17-18H2,1-3H3. The summed E-state index contributed by atoms with van der Waals surface area (Å²) in [6.07, 6.45) is -3.46. The van der Waals surface area contributed by atoms with Crippen LogP contribution in [-0.4, -0.2) is 69.6 Å². The van der Waals surface area contributed by atoms with Crippen LogP contribution in [0.3, 0.4) is 0 Å². The lowest BCUT2D eigenvalue weighted by atomic mass is 9.98. The van der Waals surface area contributed by atoms with Crippen molar-refractivity contribution in [3.8, 4) is 11.5 Å². The summed E-state index contributed by atoms with van der Waals surface area (Å²) in [4.78, 5) is 51.5. The summed E-state index contributed by atoms with van der Waals surface area (Å²) in [6.45, 7) is 4.75. The van der Waals surface area contributed by atoms with Crippen LogP contribution in [0.25, 0.3) is 0 Å². The van der Waals surface area contributed by atoms with Crippen molar-refractivity contribution in [2.24, 2.45) is 0 Å². The molecule has 47 heavy (non-hydrogen) atoms. The highest BCUT2D eigenvalue weighted by atomic mass is 16.7. The Morgan fingerprint density at radius 2 is 1.57 bits per heavy atom. The van der Waals surface area contributed by atoms with E-state index in [1.54, 1.807) is 37.3 Å². The predicted octanol–water partition coefficient (Wildman–Crippen LogP) is 4.80. The number of phenolic OH excluding ortho intramolecular Hbond substituents is 2. The van der Waals surface area contributed by atoms with Gasteiger partial charge >= 0.3 is 11.9 Å². The third-order valence-corrected chi connectivity index (χ3v) is 8.02. The van der Waals surface area contributed by atoms with Crippen molar-refractivity contribution in [1.82, 2.24) is 0 Å². The zero-order valence-electron chi connectivity index (χ0n) is 26.2. The second-order valence-electron chi connectivity index (χ2n) is 11.8. The highest BCUT2D eigenvalue weighted by Crippen LogP contribution is 2.36. The van der Waals surface area contributed by atoms with Crippen LogP contribution in [0.15, 0.2) is 66.7 Å².